The first kappa shape index (κ1) is 19.5. The molecule has 1 atom stereocenters. The zero-order valence-corrected chi connectivity index (χ0v) is 17.2. The SMILES string of the molecule is O=c1c(Cl)c(N2CCCC(N3CCCCCC3)C2)cnn1Cc1ccccc1. The summed E-state index contributed by atoms with van der Waals surface area (Å²) in [4.78, 5) is 17.7. The molecule has 4 rings (SSSR count). The summed E-state index contributed by atoms with van der Waals surface area (Å²) in [6.45, 7) is 4.71. The van der Waals surface area contributed by atoms with Crippen molar-refractivity contribution < 1.29 is 0 Å². The van der Waals surface area contributed by atoms with E-state index < -0.39 is 0 Å². The fourth-order valence-electron chi connectivity index (χ4n) is 4.48. The zero-order chi connectivity index (χ0) is 19.3. The van der Waals surface area contributed by atoms with E-state index in [1.807, 2.05) is 30.3 Å². The van der Waals surface area contributed by atoms with Gasteiger partial charge < -0.3 is 4.90 Å². The highest BCUT2D eigenvalue weighted by atomic mass is 35.5. The molecule has 0 amide bonds. The maximum absolute atomic E-state index is 12.8. The Morgan fingerprint density at radius 3 is 2.50 bits per heavy atom. The first-order chi connectivity index (χ1) is 13.7. The van der Waals surface area contributed by atoms with Gasteiger partial charge in [0.2, 0.25) is 0 Å². The van der Waals surface area contributed by atoms with Gasteiger partial charge in [-0.2, -0.15) is 5.10 Å². The third kappa shape index (κ3) is 4.41. The molecule has 28 heavy (non-hydrogen) atoms. The minimum Gasteiger partial charge on any atom is -0.367 e. The number of anilines is 1. The monoisotopic (exact) mass is 400 g/mol. The van der Waals surface area contributed by atoms with Gasteiger partial charge >= 0.3 is 0 Å². The van der Waals surface area contributed by atoms with Gasteiger partial charge in [-0.25, -0.2) is 4.68 Å². The second-order valence-corrected chi connectivity index (χ2v) is 8.36. The Hall–Kier alpha value is -1.85. The number of likely N-dealkylation sites (tertiary alicyclic amines) is 1. The van der Waals surface area contributed by atoms with Crippen molar-refractivity contribution in [2.45, 2.75) is 51.1 Å². The van der Waals surface area contributed by atoms with Crippen molar-refractivity contribution in [3.05, 3.63) is 57.5 Å². The first-order valence-electron chi connectivity index (χ1n) is 10.5. The Balaban J connectivity index is 1.50. The lowest BCUT2D eigenvalue weighted by Gasteiger charge is -2.40. The van der Waals surface area contributed by atoms with Crippen LogP contribution in [-0.4, -0.2) is 46.9 Å². The lowest BCUT2D eigenvalue weighted by atomic mass is 10.0. The molecular weight excluding hydrogens is 372 g/mol. The van der Waals surface area contributed by atoms with E-state index in [4.69, 9.17) is 11.6 Å². The van der Waals surface area contributed by atoms with Crippen LogP contribution in [-0.2, 0) is 6.54 Å². The van der Waals surface area contributed by atoms with E-state index in [2.05, 4.69) is 14.9 Å². The molecule has 150 valence electrons. The van der Waals surface area contributed by atoms with Gasteiger partial charge in [0.25, 0.3) is 5.56 Å². The summed E-state index contributed by atoms with van der Waals surface area (Å²) < 4.78 is 1.46. The van der Waals surface area contributed by atoms with Crippen molar-refractivity contribution in [1.82, 2.24) is 14.7 Å². The Bertz CT molecular complexity index is 830. The molecule has 0 N–H and O–H groups in total. The second kappa shape index (κ2) is 9.10. The molecule has 1 aromatic heterocycles. The highest BCUT2D eigenvalue weighted by Gasteiger charge is 2.27. The fraction of sp³-hybridized carbons (Fsp3) is 0.545. The zero-order valence-electron chi connectivity index (χ0n) is 16.4. The maximum Gasteiger partial charge on any atom is 0.287 e. The largest absolute Gasteiger partial charge is 0.367 e. The number of halogens is 1. The number of nitrogens with zero attached hydrogens (tertiary/aromatic N) is 4. The topological polar surface area (TPSA) is 41.4 Å². The number of benzene rings is 1. The molecule has 6 heteroatoms. The van der Waals surface area contributed by atoms with E-state index in [0.29, 0.717) is 17.6 Å². The smallest absolute Gasteiger partial charge is 0.287 e. The van der Waals surface area contributed by atoms with Crippen molar-refractivity contribution in [1.29, 1.82) is 0 Å². The molecule has 5 nitrogen and oxygen atoms in total. The summed E-state index contributed by atoms with van der Waals surface area (Å²) in [7, 11) is 0. The predicted octanol–water partition coefficient (Wildman–Crippen LogP) is 3.79. The molecule has 2 fully saturated rings. The molecule has 0 aliphatic carbocycles. The van der Waals surface area contributed by atoms with Crippen LogP contribution >= 0.6 is 11.6 Å². The van der Waals surface area contributed by atoms with Crippen LogP contribution in [0.3, 0.4) is 0 Å². The van der Waals surface area contributed by atoms with Crippen LogP contribution in [0.2, 0.25) is 5.02 Å². The third-order valence-corrected chi connectivity index (χ3v) is 6.39. The quantitative estimate of drug-likeness (QED) is 0.783. The molecule has 2 saturated heterocycles. The van der Waals surface area contributed by atoms with Crippen LogP contribution in [0.15, 0.2) is 41.3 Å². The molecule has 2 aliphatic rings. The van der Waals surface area contributed by atoms with Crippen molar-refractivity contribution in [3.63, 3.8) is 0 Å². The van der Waals surface area contributed by atoms with Gasteiger partial charge in [0.05, 0.1) is 18.4 Å². The fourth-order valence-corrected chi connectivity index (χ4v) is 4.74. The van der Waals surface area contributed by atoms with Crippen LogP contribution in [0.4, 0.5) is 5.69 Å². The first-order valence-corrected chi connectivity index (χ1v) is 10.9. The molecule has 0 saturated carbocycles. The summed E-state index contributed by atoms with van der Waals surface area (Å²) >= 11 is 6.53. The number of aromatic nitrogens is 2. The van der Waals surface area contributed by atoms with Crippen LogP contribution in [0.25, 0.3) is 0 Å². The highest BCUT2D eigenvalue weighted by Crippen LogP contribution is 2.27. The lowest BCUT2D eigenvalue weighted by Crippen LogP contribution is -2.48. The molecule has 1 aromatic carbocycles. The molecule has 1 unspecified atom stereocenters. The van der Waals surface area contributed by atoms with Gasteiger partial charge in [0.15, 0.2) is 0 Å². The van der Waals surface area contributed by atoms with Gasteiger partial charge in [-0.05, 0) is 44.3 Å². The van der Waals surface area contributed by atoms with Gasteiger partial charge in [-0.3, -0.25) is 9.69 Å². The van der Waals surface area contributed by atoms with Crippen LogP contribution in [0, 0.1) is 0 Å². The molecule has 2 aromatic rings. The van der Waals surface area contributed by atoms with Crippen LogP contribution < -0.4 is 10.5 Å². The van der Waals surface area contributed by atoms with E-state index in [0.717, 1.165) is 30.8 Å². The summed E-state index contributed by atoms with van der Waals surface area (Å²) in [5, 5.41) is 4.72. The lowest BCUT2D eigenvalue weighted by molar-refractivity contribution is 0.182. The summed E-state index contributed by atoms with van der Waals surface area (Å²) in [5.74, 6) is 0. The van der Waals surface area contributed by atoms with Crippen molar-refractivity contribution in [3.8, 4) is 0 Å². The molecule has 0 spiro atoms. The minimum absolute atomic E-state index is 0.208. The number of rotatable bonds is 4. The summed E-state index contributed by atoms with van der Waals surface area (Å²) in [6.07, 6.45) is 9.43. The van der Waals surface area contributed by atoms with E-state index >= 15 is 0 Å². The van der Waals surface area contributed by atoms with Crippen molar-refractivity contribution >= 4 is 17.3 Å². The third-order valence-electron chi connectivity index (χ3n) is 6.04. The Morgan fingerprint density at radius 2 is 1.75 bits per heavy atom. The van der Waals surface area contributed by atoms with Gasteiger partial charge in [-0.15, -0.1) is 0 Å². The van der Waals surface area contributed by atoms with E-state index in [-0.39, 0.29) is 5.56 Å². The highest BCUT2D eigenvalue weighted by molar-refractivity contribution is 6.33. The average molecular weight is 401 g/mol. The normalized spacial score (nSPS) is 21.5. The number of hydrogen-bond donors (Lipinski definition) is 0. The average Bonchev–Trinajstić information content (AvgIpc) is 3.02. The summed E-state index contributed by atoms with van der Waals surface area (Å²) in [6, 6.07) is 10.4. The molecule has 0 bridgehead atoms. The van der Waals surface area contributed by atoms with E-state index in [9.17, 15) is 4.79 Å². The minimum atomic E-state index is -0.208. The van der Waals surface area contributed by atoms with Crippen LogP contribution in [0.1, 0.15) is 44.1 Å². The number of piperidine rings is 1. The van der Waals surface area contributed by atoms with Crippen molar-refractivity contribution in [2.75, 3.05) is 31.1 Å². The van der Waals surface area contributed by atoms with Crippen molar-refractivity contribution in [2.24, 2.45) is 0 Å². The summed E-state index contributed by atoms with van der Waals surface area (Å²) in [5.41, 5.74) is 1.62. The molecule has 0 radical (unpaired) electrons. The van der Waals surface area contributed by atoms with Crippen LogP contribution in [0.5, 0.6) is 0 Å². The maximum atomic E-state index is 12.8. The number of hydrogen-bond acceptors (Lipinski definition) is 4. The molecular formula is C22H29ClN4O. The van der Waals surface area contributed by atoms with E-state index in [1.165, 1.54) is 49.9 Å². The van der Waals surface area contributed by atoms with Gasteiger partial charge in [0.1, 0.15) is 5.02 Å². The molecule has 3 heterocycles. The Labute approximate surface area is 171 Å². The Morgan fingerprint density at radius 1 is 1.00 bits per heavy atom. The van der Waals surface area contributed by atoms with Gasteiger partial charge in [-0.1, -0.05) is 54.8 Å². The van der Waals surface area contributed by atoms with Gasteiger partial charge in [0, 0.05) is 19.1 Å². The Kier molecular flexibility index (Phi) is 6.33. The predicted molar refractivity (Wildman–Crippen MR) is 114 cm³/mol. The van der Waals surface area contributed by atoms with E-state index in [1.54, 1.807) is 6.20 Å². The molecule has 2 aliphatic heterocycles. The second-order valence-electron chi connectivity index (χ2n) is 7.98. The standard InChI is InChI=1S/C22H29ClN4O/c23-21-20(15-24-27(22(21)28)16-18-9-4-3-5-10-18)26-14-8-11-19(17-26)25-12-6-1-2-7-13-25/h3-5,9-10,15,19H,1-2,6-8,11-14,16-17H2.